The number of nitrogens with zero attached hydrogens (tertiary/aromatic N) is 3. The molecule has 138 valence electrons. The van der Waals surface area contributed by atoms with Gasteiger partial charge >= 0.3 is 0 Å². The number of para-hydroxylation sites is 1. The van der Waals surface area contributed by atoms with Crippen LogP contribution in [-0.2, 0) is 26.6 Å². The van der Waals surface area contributed by atoms with Gasteiger partial charge in [0.1, 0.15) is 0 Å². The van der Waals surface area contributed by atoms with Crippen LogP contribution < -0.4 is 10.2 Å². The molecule has 1 aromatic heterocycles. The van der Waals surface area contributed by atoms with Gasteiger partial charge in [0.15, 0.2) is 0 Å². The summed E-state index contributed by atoms with van der Waals surface area (Å²) < 4.78 is 1.94. The first-order valence-electron chi connectivity index (χ1n) is 9.01. The predicted molar refractivity (Wildman–Crippen MR) is 107 cm³/mol. The molecule has 3 aromatic rings. The van der Waals surface area contributed by atoms with Crippen molar-refractivity contribution < 1.29 is 4.79 Å². The first-order chi connectivity index (χ1) is 13.1. The number of hydrogen-bond acceptors (Lipinski definition) is 3. The number of carbonyl (C=O) groups excluding carboxylic acids is 1. The van der Waals surface area contributed by atoms with E-state index in [4.69, 9.17) is 16.7 Å². The quantitative estimate of drug-likeness (QED) is 0.752. The zero-order valence-electron chi connectivity index (χ0n) is 15.2. The molecule has 0 saturated heterocycles. The number of rotatable bonds is 4. The van der Waals surface area contributed by atoms with Gasteiger partial charge in [0, 0.05) is 43.5 Å². The molecular formula is C21H21ClN4O. The number of aryl methyl sites for hydroxylation is 1. The van der Waals surface area contributed by atoms with Crippen molar-refractivity contribution in [2.75, 3.05) is 11.4 Å². The van der Waals surface area contributed by atoms with Crippen LogP contribution in [-0.4, -0.2) is 22.2 Å². The normalized spacial score (nSPS) is 13.3. The molecule has 1 aliphatic rings. The molecule has 2 aromatic carbocycles. The summed E-state index contributed by atoms with van der Waals surface area (Å²) in [6.45, 7) is 2.13. The lowest BCUT2D eigenvalue weighted by Gasteiger charge is -2.23. The zero-order chi connectivity index (χ0) is 18.8. The fraction of sp³-hybridized carbons (Fsp3) is 0.238. The Kier molecular flexibility index (Phi) is 4.97. The Bertz CT molecular complexity index is 968. The van der Waals surface area contributed by atoms with Gasteiger partial charge in [0.2, 0.25) is 0 Å². The van der Waals surface area contributed by atoms with Gasteiger partial charge < -0.3 is 10.2 Å². The van der Waals surface area contributed by atoms with Gasteiger partial charge in [-0.05, 0) is 24.3 Å². The minimum Gasteiger partial charge on any atom is -0.312 e. The molecule has 1 aliphatic heterocycles. The number of nitrogens with one attached hydrogen (secondary N) is 1. The Morgan fingerprint density at radius 3 is 2.70 bits per heavy atom. The smallest absolute Gasteiger partial charge is 0.260 e. The van der Waals surface area contributed by atoms with E-state index in [9.17, 15) is 4.79 Å². The van der Waals surface area contributed by atoms with Crippen molar-refractivity contribution in [3.05, 3.63) is 82.1 Å². The molecule has 4 rings (SSSR count). The Morgan fingerprint density at radius 1 is 1.19 bits per heavy atom. The van der Waals surface area contributed by atoms with Crippen molar-refractivity contribution in [3.8, 4) is 0 Å². The molecule has 27 heavy (non-hydrogen) atoms. The average molecular weight is 381 g/mol. The Labute approximate surface area is 163 Å². The molecule has 0 saturated carbocycles. The molecule has 6 heteroatoms. The van der Waals surface area contributed by atoms with E-state index in [2.05, 4.69) is 5.32 Å². The summed E-state index contributed by atoms with van der Waals surface area (Å²) in [5.41, 5.74) is 4.67. The van der Waals surface area contributed by atoms with E-state index in [-0.39, 0.29) is 5.91 Å². The van der Waals surface area contributed by atoms with E-state index in [0.717, 1.165) is 30.9 Å². The average Bonchev–Trinajstić information content (AvgIpc) is 3.02. The van der Waals surface area contributed by atoms with Crippen molar-refractivity contribution in [1.82, 2.24) is 15.1 Å². The third-order valence-electron chi connectivity index (χ3n) is 4.92. The van der Waals surface area contributed by atoms with Gasteiger partial charge in [-0.1, -0.05) is 41.9 Å². The van der Waals surface area contributed by atoms with Gasteiger partial charge in [-0.2, -0.15) is 5.10 Å². The highest BCUT2D eigenvalue weighted by Crippen LogP contribution is 2.26. The predicted octanol–water partition coefficient (Wildman–Crippen LogP) is 3.57. The number of carbonyl (C=O) groups is 1. The van der Waals surface area contributed by atoms with Gasteiger partial charge in [-0.15, -0.1) is 0 Å². The maximum absolute atomic E-state index is 13.3. The van der Waals surface area contributed by atoms with Crippen molar-refractivity contribution in [2.24, 2.45) is 7.05 Å². The van der Waals surface area contributed by atoms with E-state index in [0.29, 0.717) is 17.1 Å². The largest absolute Gasteiger partial charge is 0.312 e. The minimum absolute atomic E-state index is 0.130. The zero-order valence-corrected chi connectivity index (χ0v) is 15.9. The monoisotopic (exact) mass is 380 g/mol. The third-order valence-corrected chi connectivity index (χ3v) is 5.25. The third kappa shape index (κ3) is 3.48. The van der Waals surface area contributed by atoms with Crippen LogP contribution in [0.15, 0.2) is 54.6 Å². The number of aromatic nitrogens is 2. The van der Waals surface area contributed by atoms with Crippen LogP contribution in [0.25, 0.3) is 0 Å². The summed E-state index contributed by atoms with van der Waals surface area (Å²) in [4.78, 5) is 15.1. The molecule has 0 atom stereocenters. The topological polar surface area (TPSA) is 50.2 Å². The molecule has 0 radical (unpaired) electrons. The lowest BCUT2D eigenvalue weighted by Crippen LogP contribution is -2.32. The minimum atomic E-state index is -0.130. The van der Waals surface area contributed by atoms with Crippen molar-refractivity contribution in [1.29, 1.82) is 0 Å². The number of anilines is 1. The highest BCUT2D eigenvalue weighted by molar-refractivity contribution is 6.34. The highest BCUT2D eigenvalue weighted by atomic mass is 35.5. The van der Waals surface area contributed by atoms with Gasteiger partial charge in [-0.3, -0.25) is 9.48 Å². The second-order valence-corrected chi connectivity index (χ2v) is 7.04. The lowest BCUT2D eigenvalue weighted by atomic mass is 10.1. The van der Waals surface area contributed by atoms with Gasteiger partial charge in [0.05, 0.1) is 22.8 Å². The Morgan fingerprint density at radius 2 is 1.93 bits per heavy atom. The van der Waals surface area contributed by atoms with E-state index in [1.54, 1.807) is 17.0 Å². The summed E-state index contributed by atoms with van der Waals surface area (Å²) in [5, 5.41) is 8.56. The maximum Gasteiger partial charge on any atom is 0.260 e. The summed E-state index contributed by atoms with van der Waals surface area (Å²) >= 11 is 6.30. The first-order valence-corrected chi connectivity index (χ1v) is 9.38. The fourth-order valence-electron chi connectivity index (χ4n) is 3.55. The molecule has 0 spiro atoms. The van der Waals surface area contributed by atoms with E-state index >= 15 is 0 Å². The highest BCUT2D eigenvalue weighted by Gasteiger charge is 2.25. The molecule has 0 aliphatic carbocycles. The standard InChI is InChI=1S/C21H21ClN4O/c1-25-20-11-12-23-13-17(20)19(24-25)14-26(15-7-3-2-4-8-15)21(27)16-9-5-6-10-18(16)22/h2-10,23H,11-14H2,1H3. The van der Waals surface area contributed by atoms with Crippen molar-refractivity contribution >= 4 is 23.2 Å². The molecule has 1 amide bonds. The van der Waals surface area contributed by atoms with E-state index in [1.165, 1.54) is 11.3 Å². The number of halogens is 1. The number of benzene rings is 2. The fourth-order valence-corrected chi connectivity index (χ4v) is 3.76. The van der Waals surface area contributed by atoms with Crippen LogP contribution in [0.3, 0.4) is 0 Å². The second kappa shape index (κ2) is 7.55. The number of hydrogen-bond donors (Lipinski definition) is 1. The van der Waals surface area contributed by atoms with Crippen LogP contribution in [0.4, 0.5) is 5.69 Å². The van der Waals surface area contributed by atoms with Crippen LogP contribution in [0.2, 0.25) is 5.02 Å². The molecule has 0 fully saturated rings. The van der Waals surface area contributed by atoms with Gasteiger partial charge in [-0.25, -0.2) is 0 Å². The lowest BCUT2D eigenvalue weighted by molar-refractivity contribution is 0.0985. The van der Waals surface area contributed by atoms with Crippen molar-refractivity contribution in [3.63, 3.8) is 0 Å². The van der Waals surface area contributed by atoms with Crippen molar-refractivity contribution in [2.45, 2.75) is 19.5 Å². The van der Waals surface area contributed by atoms with E-state index < -0.39 is 0 Å². The van der Waals surface area contributed by atoms with Crippen LogP contribution in [0, 0.1) is 0 Å². The second-order valence-electron chi connectivity index (χ2n) is 6.63. The molecule has 1 N–H and O–H groups in total. The van der Waals surface area contributed by atoms with Crippen LogP contribution in [0.1, 0.15) is 27.3 Å². The molecule has 0 bridgehead atoms. The summed E-state index contributed by atoms with van der Waals surface area (Å²) in [6, 6.07) is 16.8. The number of fused-ring (bicyclic) bond motifs is 1. The summed E-state index contributed by atoms with van der Waals surface area (Å²) in [5.74, 6) is -0.130. The van der Waals surface area contributed by atoms with Crippen LogP contribution in [0.5, 0.6) is 0 Å². The molecule has 5 nitrogen and oxygen atoms in total. The first kappa shape index (κ1) is 17.8. The maximum atomic E-state index is 13.3. The Hall–Kier alpha value is -2.63. The Balaban J connectivity index is 1.74. The number of amides is 1. The van der Waals surface area contributed by atoms with Gasteiger partial charge in [0.25, 0.3) is 5.91 Å². The molecule has 0 unspecified atom stereocenters. The van der Waals surface area contributed by atoms with E-state index in [1.807, 2.05) is 54.2 Å². The summed E-state index contributed by atoms with van der Waals surface area (Å²) in [6.07, 6.45) is 0.947. The molecular weight excluding hydrogens is 360 g/mol. The summed E-state index contributed by atoms with van der Waals surface area (Å²) in [7, 11) is 1.97. The SMILES string of the molecule is Cn1nc(CN(C(=O)c2ccccc2Cl)c2ccccc2)c2c1CCNC2. The molecule has 2 heterocycles. The van der Waals surface area contributed by atoms with Crippen LogP contribution >= 0.6 is 11.6 Å².